The Morgan fingerprint density at radius 3 is 2.95 bits per heavy atom. The minimum atomic E-state index is -0.230. The van der Waals surface area contributed by atoms with Crippen molar-refractivity contribution >= 4 is 5.69 Å². The average molecular weight is 259 g/mol. The van der Waals surface area contributed by atoms with Gasteiger partial charge in [-0.25, -0.2) is 4.98 Å². The van der Waals surface area contributed by atoms with Crippen LogP contribution in [0.3, 0.4) is 0 Å². The summed E-state index contributed by atoms with van der Waals surface area (Å²) in [4.78, 5) is 16.1. The van der Waals surface area contributed by atoms with Gasteiger partial charge in [0.15, 0.2) is 0 Å². The summed E-state index contributed by atoms with van der Waals surface area (Å²) in [6.07, 6.45) is 4.10. The quantitative estimate of drug-likeness (QED) is 0.855. The number of ether oxygens (including phenoxy) is 1. The highest BCUT2D eigenvalue weighted by Gasteiger charge is 2.09. The smallest absolute Gasteiger partial charge is 0.313 e. The molecule has 0 aliphatic heterocycles. The van der Waals surface area contributed by atoms with Crippen LogP contribution in [0.25, 0.3) is 0 Å². The van der Waals surface area contributed by atoms with Crippen LogP contribution in [0.5, 0.6) is 11.6 Å². The van der Waals surface area contributed by atoms with Crippen molar-refractivity contribution in [1.29, 1.82) is 0 Å². The lowest BCUT2D eigenvalue weighted by atomic mass is 10.2. The number of hydrogen-bond donors (Lipinski definition) is 1. The maximum atomic E-state index is 12.1. The van der Waals surface area contributed by atoms with E-state index in [1.807, 2.05) is 13.8 Å². The second-order valence-electron chi connectivity index (χ2n) is 4.30. The zero-order chi connectivity index (χ0) is 13.8. The molecule has 1 aromatic carbocycles. The van der Waals surface area contributed by atoms with Gasteiger partial charge in [-0.15, -0.1) is 0 Å². The highest BCUT2D eigenvalue weighted by Crippen LogP contribution is 2.25. The molecule has 5 heteroatoms. The van der Waals surface area contributed by atoms with Gasteiger partial charge in [0.2, 0.25) is 0 Å². The maximum absolute atomic E-state index is 12.1. The van der Waals surface area contributed by atoms with E-state index in [1.54, 1.807) is 35.2 Å². The summed E-state index contributed by atoms with van der Waals surface area (Å²) in [5, 5.41) is 0. The second-order valence-corrected chi connectivity index (χ2v) is 4.30. The van der Waals surface area contributed by atoms with Crippen LogP contribution in [0.2, 0.25) is 0 Å². The summed E-state index contributed by atoms with van der Waals surface area (Å²) >= 11 is 0. The molecule has 0 saturated carbocycles. The van der Waals surface area contributed by atoms with Gasteiger partial charge < -0.3 is 15.0 Å². The van der Waals surface area contributed by atoms with Gasteiger partial charge in [0, 0.05) is 30.2 Å². The summed E-state index contributed by atoms with van der Waals surface area (Å²) in [5.41, 5.74) is 7.00. The third kappa shape index (κ3) is 2.76. The molecule has 5 nitrogen and oxygen atoms in total. The van der Waals surface area contributed by atoms with Crippen molar-refractivity contribution in [2.45, 2.75) is 26.8 Å². The molecule has 100 valence electrons. The monoisotopic (exact) mass is 259 g/mol. The number of aryl methyl sites for hydroxylation is 1. The fourth-order valence-electron chi connectivity index (χ4n) is 1.76. The summed E-state index contributed by atoms with van der Waals surface area (Å²) in [7, 11) is 0. The lowest BCUT2D eigenvalue weighted by Gasteiger charge is -2.10. The molecular weight excluding hydrogens is 242 g/mol. The van der Waals surface area contributed by atoms with Gasteiger partial charge in [-0.1, -0.05) is 13.0 Å². The van der Waals surface area contributed by atoms with E-state index >= 15 is 0 Å². The number of anilines is 1. The molecule has 0 amide bonds. The number of benzene rings is 1. The summed E-state index contributed by atoms with van der Waals surface area (Å²) in [5.74, 6) is 0.628. The van der Waals surface area contributed by atoms with Crippen LogP contribution in [0.1, 0.15) is 18.9 Å². The molecular formula is C14H17N3O2. The van der Waals surface area contributed by atoms with Crippen molar-refractivity contribution in [1.82, 2.24) is 9.55 Å². The summed E-state index contributed by atoms with van der Waals surface area (Å²) in [6, 6.07) is 5.34. The molecule has 1 heterocycles. The molecule has 0 unspecified atom stereocenters. The first kappa shape index (κ1) is 13.1. The Morgan fingerprint density at radius 2 is 2.21 bits per heavy atom. The minimum absolute atomic E-state index is 0.0738. The van der Waals surface area contributed by atoms with Crippen molar-refractivity contribution in [2.75, 3.05) is 5.73 Å². The lowest BCUT2D eigenvalue weighted by molar-refractivity contribution is 0.441. The minimum Gasteiger partial charge on any atom is -0.434 e. The van der Waals surface area contributed by atoms with Gasteiger partial charge in [-0.3, -0.25) is 4.79 Å². The first-order valence-electron chi connectivity index (χ1n) is 6.22. The molecule has 1 aromatic heterocycles. The fourth-order valence-corrected chi connectivity index (χ4v) is 1.76. The first-order valence-corrected chi connectivity index (χ1v) is 6.22. The van der Waals surface area contributed by atoms with Crippen LogP contribution in [-0.4, -0.2) is 9.55 Å². The molecule has 2 aromatic rings. The molecule has 0 aliphatic carbocycles. The van der Waals surface area contributed by atoms with Crippen LogP contribution in [0, 0.1) is 6.92 Å². The van der Waals surface area contributed by atoms with Crippen LogP contribution in [-0.2, 0) is 6.54 Å². The number of hydrogen-bond acceptors (Lipinski definition) is 4. The Bertz CT molecular complexity index is 635. The predicted octanol–water partition coefficient (Wildman–Crippen LogP) is 2.34. The second kappa shape index (κ2) is 5.56. The highest BCUT2D eigenvalue weighted by molar-refractivity contribution is 5.53. The molecule has 0 bridgehead atoms. The van der Waals surface area contributed by atoms with E-state index in [4.69, 9.17) is 10.5 Å². The van der Waals surface area contributed by atoms with E-state index in [-0.39, 0.29) is 11.4 Å². The Hall–Kier alpha value is -2.30. The Kier molecular flexibility index (Phi) is 3.85. The lowest BCUT2D eigenvalue weighted by Crippen LogP contribution is -2.21. The molecule has 0 radical (unpaired) electrons. The number of nitrogens with two attached hydrogens (primary N) is 1. The zero-order valence-corrected chi connectivity index (χ0v) is 11.1. The highest BCUT2D eigenvalue weighted by atomic mass is 16.5. The molecule has 0 fully saturated rings. The van der Waals surface area contributed by atoms with Crippen molar-refractivity contribution in [2.24, 2.45) is 0 Å². The average Bonchev–Trinajstić information content (AvgIpc) is 2.40. The fraction of sp³-hybridized carbons (Fsp3) is 0.286. The van der Waals surface area contributed by atoms with Gasteiger partial charge in [0.25, 0.3) is 5.88 Å². The van der Waals surface area contributed by atoms with E-state index in [9.17, 15) is 4.79 Å². The summed E-state index contributed by atoms with van der Waals surface area (Å²) < 4.78 is 7.17. The van der Waals surface area contributed by atoms with E-state index in [0.717, 1.165) is 12.0 Å². The molecule has 2 N–H and O–H groups in total. The molecule has 2 rings (SSSR count). The standard InChI is InChI=1S/C14H17N3O2/c1-3-8-17-9-7-16-13(14(17)18)19-12-6-4-5-11(15)10(12)2/h4-7,9H,3,8,15H2,1-2H3. The third-order valence-electron chi connectivity index (χ3n) is 2.88. The predicted molar refractivity (Wildman–Crippen MR) is 74.5 cm³/mol. The normalized spacial score (nSPS) is 10.4. The van der Waals surface area contributed by atoms with Gasteiger partial charge in [-0.05, 0) is 25.5 Å². The Morgan fingerprint density at radius 1 is 1.42 bits per heavy atom. The van der Waals surface area contributed by atoms with E-state index in [1.165, 1.54) is 0 Å². The Balaban J connectivity index is 2.36. The number of aromatic nitrogens is 2. The van der Waals surface area contributed by atoms with E-state index < -0.39 is 0 Å². The number of nitrogens with zero attached hydrogens (tertiary/aromatic N) is 2. The summed E-state index contributed by atoms with van der Waals surface area (Å²) in [6.45, 7) is 4.50. The van der Waals surface area contributed by atoms with Gasteiger partial charge in [-0.2, -0.15) is 0 Å². The van der Waals surface area contributed by atoms with Crippen LogP contribution in [0.15, 0.2) is 35.4 Å². The van der Waals surface area contributed by atoms with Gasteiger partial charge in [0.1, 0.15) is 5.75 Å². The third-order valence-corrected chi connectivity index (χ3v) is 2.88. The van der Waals surface area contributed by atoms with Crippen molar-refractivity contribution in [3.05, 3.63) is 46.5 Å². The molecule has 0 atom stereocenters. The van der Waals surface area contributed by atoms with Crippen LogP contribution >= 0.6 is 0 Å². The zero-order valence-electron chi connectivity index (χ0n) is 11.1. The molecule has 0 spiro atoms. The van der Waals surface area contributed by atoms with Gasteiger partial charge >= 0.3 is 5.56 Å². The number of rotatable bonds is 4. The molecule has 0 aliphatic rings. The SMILES string of the molecule is CCCn1ccnc(Oc2cccc(N)c2C)c1=O. The van der Waals surface area contributed by atoms with Gasteiger partial charge in [0.05, 0.1) is 0 Å². The molecule has 19 heavy (non-hydrogen) atoms. The van der Waals surface area contributed by atoms with E-state index in [0.29, 0.717) is 18.0 Å². The molecule has 0 saturated heterocycles. The van der Waals surface area contributed by atoms with Crippen molar-refractivity contribution in [3.63, 3.8) is 0 Å². The van der Waals surface area contributed by atoms with Crippen molar-refractivity contribution in [3.8, 4) is 11.6 Å². The maximum Gasteiger partial charge on any atom is 0.313 e. The van der Waals surface area contributed by atoms with Crippen molar-refractivity contribution < 1.29 is 4.74 Å². The first-order chi connectivity index (χ1) is 9.13. The topological polar surface area (TPSA) is 70.1 Å². The van der Waals surface area contributed by atoms with E-state index in [2.05, 4.69) is 4.98 Å². The number of nitrogen functional groups attached to an aromatic ring is 1. The Labute approximate surface area is 111 Å². The van der Waals surface area contributed by atoms with Crippen LogP contribution < -0.4 is 16.0 Å². The van der Waals surface area contributed by atoms with Crippen LogP contribution in [0.4, 0.5) is 5.69 Å². The largest absolute Gasteiger partial charge is 0.434 e.